The molecule has 0 aliphatic carbocycles. The molecule has 1 aromatic rings. The highest BCUT2D eigenvalue weighted by molar-refractivity contribution is 6.21. The Bertz CT molecular complexity index is 509. The predicted molar refractivity (Wildman–Crippen MR) is 67.2 cm³/mol. The molecular weight excluding hydrogens is 247 g/mol. The van der Waals surface area contributed by atoms with Crippen LogP contribution in [0.3, 0.4) is 0 Å². The first kappa shape index (κ1) is 12.3. The van der Waals surface area contributed by atoms with E-state index in [9.17, 15) is 14.0 Å². The molecule has 5 heteroatoms. The summed E-state index contributed by atoms with van der Waals surface area (Å²) < 4.78 is 12.9. The number of hydrogen-bond donors (Lipinski definition) is 1. The Balaban J connectivity index is 1.84. The quantitative estimate of drug-likeness (QED) is 0.771. The Morgan fingerprint density at radius 2 is 1.74 bits per heavy atom. The lowest BCUT2D eigenvalue weighted by molar-refractivity contribution is -0.902. The molecule has 2 aliphatic rings. The Labute approximate surface area is 110 Å². The van der Waals surface area contributed by atoms with Crippen molar-refractivity contribution in [2.75, 3.05) is 18.0 Å². The van der Waals surface area contributed by atoms with Gasteiger partial charge in [0, 0.05) is 12.8 Å². The van der Waals surface area contributed by atoms with E-state index >= 15 is 0 Å². The zero-order chi connectivity index (χ0) is 13.4. The van der Waals surface area contributed by atoms with Gasteiger partial charge in [-0.2, -0.15) is 0 Å². The summed E-state index contributed by atoms with van der Waals surface area (Å²) in [4.78, 5) is 26.8. The average molecular weight is 263 g/mol. The Morgan fingerprint density at radius 3 is 2.37 bits per heavy atom. The second-order valence-corrected chi connectivity index (χ2v) is 5.17. The zero-order valence-corrected chi connectivity index (χ0v) is 10.6. The van der Waals surface area contributed by atoms with E-state index < -0.39 is 0 Å². The summed E-state index contributed by atoms with van der Waals surface area (Å²) in [5.74, 6) is -0.695. The molecule has 4 nitrogen and oxygen atoms in total. The van der Waals surface area contributed by atoms with Crippen LogP contribution in [0.4, 0.5) is 10.1 Å². The number of anilines is 1. The zero-order valence-electron chi connectivity index (χ0n) is 10.6. The third kappa shape index (κ3) is 2.14. The molecule has 2 amide bonds. The molecule has 1 aromatic carbocycles. The van der Waals surface area contributed by atoms with E-state index in [1.54, 1.807) is 0 Å². The van der Waals surface area contributed by atoms with Crippen molar-refractivity contribution in [2.45, 2.75) is 25.3 Å². The van der Waals surface area contributed by atoms with Crippen molar-refractivity contribution in [1.82, 2.24) is 0 Å². The lowest BCUT2D eigenvalue weighted by Gasteiger charge is -2.19. The molecular formula is C14H16FN2O2+. The molecule has 100 valence electrons. The van der Waals surface area contributed by atoms with Gasteiger partial charge in [0.25, 0.3) is 5.91 Å². The number of benzene rings is 1. The van der Waals surface area contributed by atoms with Crippen LogP contribution in [0.25, 0.3) is 0 Å². The van der Waals surface area contributed by atoms with Crippen molar-refractivity contribution < 1.29 is 18.9 Å². The summed E-state index contributed by atoms with van der Waals surface area (Å²) in [6, 6.07) is 5.25. The topological polar surface area (TPSA) is 41.8 Å². The number of nitrogens with one attached hydrogen (secondary N) is 1. The third-order valence-corrected chi connectivity index (χ3v) is 3.97. The first-order valence-corrected chi connectivity index (χ1v) is 6.64. The molecule has 2 aliphatic heterocycles. The first-order valence-electron chi connectivity index (χ1n) is 6.64. The van der Waals surface area contributed by atoms with Gasteiger partial charge >= 0.3 is 0 Å². The minimum Gasteiger partial charge on any atom is -0.324 e. The number of nitrogens with zero attached hydrogens (tertiary/aromatic N) is 1. The Morgan fingerprint density at radius 1 is 1.11 bits per heavy atom. The lowest BCUT2D eigenvalue weighted by Crippen LogP contribution is -3.14. The highest BCUT2D eigenvalue weighted by Gasteiger charge is 2.46. The van der Waals surface area contributed by atoms with Crippen molar-refractivity contribution in [3.8, 4) is 0 Å². The molecule has 1 unspecified atom stereocenters. The predicted octanol–water partition coefficient (Wildman–Crippen LogP) is 0.136. The van der Waals surface area contributed by atoms with E-state index in [0.717, 1.165) is 25.9 Å². The number of halogens is 1. The normalized spacial score (nSPS) is 24.5. The summed E-state index contributed by atoms with van der Waals surface area (Å²) in [5, 5.41) is 0. The van der Waals surface area contributed by atoms with E-state index in [2.05, 4.69) is 0 Å². The highest BCUT2D eigenvalue weighted by Crippen LogP contribution is 2.22. The van der Waals surface area contributed by atoms with Crippen LogP contribution in [0.2, 0.25) is 0 Å². The average Bonchev–Trinajstić information content (AvgIpc) is 3.00. The first-order chi connectivity index (χ1) is 9.16. The molecule has 0 bridgehead atoms. The summed E-state index contributed by atoms with van der Waals surface area (Å²) in [6.45, 7) is 1.92. The third-order valence-electron chi connectivity index (χ3n) is 3.97. The number of quaternary nitrogens is 1. The van der Waals surface area contributed by atoms with E-state index in [0.29, 0.717) is 5.69 Å². The fourth-order valence-corrected chi connectivity index (χ4v) is 2.99. The lowest BCUT2D eigenvalue weighted by atomic mass is 10.2. The van der Waals surface area contributed by atoms with Gasteiger partial charge in [0.2, 0.25) is 5.91 Å². The van der Waals surface area contributed by atoms with Gasteiger partial charge in [0.05, 0.1) is 25.2 Å². The van der Waals surface area contributed by atoms with E-state index in [-0.39, 0.29) is 30.1 Å². The van der Waals surface area contributed by atoms with Gasteiger partial charge in [-0.1, -0.05) is 0 Å². The van der Waals surface area contributed by atoms with E-state index in [1.165, 1.54) is 34.1 Å². The van der Waals surface area contributed by atoms with Crippen LogP contribution in [0, 0.1) is 5.82 Å². The number of imide groups is 1. The second kappa shape index (κ2) is 4.74. The number of amides is 2. The number of likely N-dealkylation sites (tertiary alicyclic amines) is 1. The Hall–Kier alpha value is -1.75. The smallest absolute Gasteiger partial charge is 0.292 e. The van der Waals surface area contributed by atoms with Crippen molar-refractivity contribution in [1.29, 1.82) is 0 Å². The van der Waals surface area contributed by atoms with Gasteiger partial charge in [-0.05, 0) is 24.3 Å². The maximum Gasteiger partial charge on any atom is 0.292 e. The maximum absolute atomic E-state index is 12.9. The molecule has 19 heavy (non-hydrogen) atoms. The molecule has 0 spiro atoms. The monoisotopic (exact) mass is 263 g/mol. The molecule has 0 radical (unpaired) electrons. The molecule has 0 aromatic heterocycles. The summed E-state index contributed by atoms with van der Waals surface area (Å²) in [6.07, 6.45) is 2.50. The fraction of sp³-hybridized carbons (Fsp3) is 0.429. The van der Waals surface area contributed by atoms with Gasteiger partial charge < -0.3 is 4.90 Å². The van der Waals surface area contributed by atoms with Gasteiger partial charge in [-0.3, -0.25) is 9.59 Å². The van der Waals surface area contributed by atoms with Crippen LogP contribution in [0.15, 0.2) is 24.3 Å². The minimum absolute atomic E-state index is 0.145. The van der Waals surface area contributed by atoms with Crippen molar-refractivity contribution >= 4 is 17.5 Å². The van der Waals surface area contributed by atoms with Crippen LogP contribution in [0.1, 0.15) is 19.3 Å². The number of carbonyl (C=O) groups is 2. The summed E-state index contributed by atoms with van der Waals surface area (Å²) in [5.41, 5.74) is 0.470. The maximum atomic E-state index is 12.9. The molecule has 1 atom stereocenters. The van der Waals surface area contributed by atoms with Crippen molar-refractivity contribution in [3.63, 3.8) is 0 Å². The summed E-state index contributed by atoms with van der Waals surface area (Å²) in [7, 11) is 0. The Kier molecular flexibility index (Phi) is 3.06. The van der Waals surface area contributed by atoms with E-state index in [4.69, 9.17) is 0 Å². The standard InChI is InChI=1S/C14H15FN2O2/c15-10-3-5-11(6-4-10)17-13(18)9-12(14(17)19)16-7-1-2-8-16/h3-6,12H,1-2,7-9H2/p+1. The van der Waals surface area contributed by atoms with Gasteiger partial charge in [-0.25, -0.2) is 9.29 Å². The van der Waals surface area contributed by atoms with E-state index in [1.807, 2.05) is 0 Å². The molecule has 2 heterocycles. The number of rotatable bonds is 2. The van der Waals surface area contributed by atoms with Crippen molar-refractivity contribution in [2.24, 2.45) is 0 Å². The van der Waals surface area contributed by atoms with Crippen LogP contribution in [-0.2, 0) is 9.59 Å². The van der Waals surface area contributed by atoms with Crippen LogP contribution in [-0.4, -0.2) is 30.9 Å². The van der Waals surface area contributed by atoms with Crippen LogP contribution >= 0.6 is 0 Å². The minimum atomic E-state index is -0.371. The molecule has 1 N–H and O–H groups in total. The van der Waals surface area contributed by atoms with Gasteiger partial charge in [-0.15, -0.1) is 0 Å². The number of hydrogen-bond acceptors (Lipinski definition) is 2. The summed E-state index contributed by atoms with van der Waals surface area (Å²) >= 11 is 0. The largest absolute Gasteiger partial charge is 0.324 e. The fourth-order valence-electron chi connectivity index (χ4n) is 2.99. The second-order valence-electron chi connectivity index (χ2n) is 5.17. The SMILES string of the molecule is O=C1CC([NH+]2CCCC2)C(=O)N1c1ccc(F)cc1. The molecule has 2 saturated heterocycles. The van der Waals surface area contributed by atoms with Gasteiger partial charge in [0.15, 0.2) is 6.04 Å². The molecule has 3 rings (SSSR count). The van der Waals surface area contributed by atoms with Crippen LogP contribution in [0.5, 0.6) is 0 Å². The molecule has 0 saturated carbocycles. The van der Waals surface area contributed by atoms with Crippen LogP contribution < -0.4 is 9.80 Å². The molecule has 2 fully saturated rings. The number of carbonyl (C=O) groups excluding carboxylic acids is 2. The highest BCUT2D eigenvalue weighted by atomic mass is 19.1. The van der Waals surface area contributed by atoms with Crippen molar-refractivity contribution in [3.05, 3.63) is 30.1 Å². The van der Waals surface area contributed by atoms with Gasteiger partial charge in [0.1, 0.15) is 5.82 Å².